The van der Waals surface area contributed by atoms with Gasteiger partial charge in [0.2, 0.25) is 5.91 Å². The van der Waals surface area contributed by atoms with Gasteiger partial charge in [0.05, 0.1) is 38.0 Å². The SMILES string of the molecule is COc1cc(/C=C/C(=O)NC(Cc2ccccc2)CN2CCOCC2)ccc1-n1cnc(C)c1. The van der Waals surface area contributed by atoms with Crippen LogP contribution in [0.25, 0.3) is 11.8 Å². The third-order valence-corrected chi connectivity index (χ3v) is 5.87. The molecule has 1 saturated heterocycles. The fraction of sp³-hybridized carbons (Fsp3) is 0.333. The number of aromatic nitrogens is 2. The van der Waals surface area contributed by atoms with Crippen LogP contribution in [-0.4, -0.2) is 66.4 Å². The number of carbonyl (C=O) groups is 1. The van der Waals surface area contributed by atoms with E-state index in [0.29, 0.717) is 5.75 Å². The van der Waals surface area contributed by atoms with E-state index in [-0.39, 0.29) is 11.9 Å². The first kappa shape index (κ1) is 23.7. The normalized spacial score (nSPS) is 15.4. The van der Waals surface area contributed by atoms with Gasteiger partial charge in [0.1, 0.15) is 5.75 Å². The topological polar surface area (TPSA) is 68.6 Å². The van der Waals surface area contributed by atoms with Crippen LogP contribution in [0.2, 0.25) is 0 Å². The van der Waals surface area contributed by atoms with Crippen molar-refractivity contribution in [3.8, 4) is 11.4 Å². The first-order chi connectivity index (χ1) is 16.6. The first-order valence-corrected chi connectivity index (χ1v) is 11.6. The maximum Gasteiger partial charge on any atom is 0.244 e. The Balaban J connectivity index is 1.43. The maximum atomic E-state index is 12.8. The largest absolute Gasteiger partial charge is 0.495 e. The van der Waals surface area contributed by atoms with E-state index in [4.69, 9.17) is 9.47 Å². The Morgan fingerprint density at radius 1 is 1.21 bits per heavy atom. The summed E-state index contributed by atoms with van der Waals surface area (Å²) in [7, 11) is 1.64. The van der Waals surface area contributed by atoms with Crippen LogP contribution in [0.5, 0.6) is 5.75 Å². The van der Waals surface area contributed by atoms with Crippen LogP contribution in [-0.2, 0) is 16.0 Å². The molecule has 1 aliphatic heterocycles. The molecular formula is C27H32N4O3. The van der Waals surface area contributed by atoms with E-state index >= 15 is 0 Å². The van der Waals surface area contributed by atoms with Gasteiger partial charge in [-0.25, -0.2) is 4.98 Å². The van der Waals surface area contributed by atoms with Gasteiger partial charge in [0.15, 0.2) is 0 Å². The number of nitrogens with one attached hydrogen (secondary N) is 1. The van der Waals surface area contributed by atoms with E-state index in [1.165, 1.54) is 5.56 Å². The van der Waals surface area contributed by atoms with Gasteiger partial charge in [-0.1, -0.05) is 36.4 Å². The smallest absolute Gasteiger partial charge is 0.244 e. The molecule has 0 bridgehead atoms. The Kier molecular flexibility index (Phi) is 8.12. The van der Waals surface area contributed by atoms with Crippen molar-refractivity contribution < 1.29 is 14.3 Å². The standard InChI is InChI=1S/C27H32N4O3/c1-21-18-31(20-28-21)25-10-8-23(17-26(25)33-2)9-11-27(32)29-24(16-22-6-4-3-5-7-22)19-30-12-14-34-15-13-30/h3-11,17-18,20,24H,12-16,19H2,1-2H3,(H,29,32)/b11-9+. The van der Waals surface area contributed by atoms with E-state index in [1.54, 1.807) is 19.5 Å². The summed E-state index contributed by atoms with van der Waals surface area (Å²) in [6.07, 6.45) is 7.90. The van der Waals surface area contributed by atoms with Crippen molar-refractivity contribution in [3.05, 3.63) is 84.0 Å². The number of hydrogen-bond donors (Lipinski definition) is 1. The van der Waals surface area contributed by atoms with Gasteiger partial charge in [0.25, 0.3) is 0 Å². The highest BCUT2D eigenvalue weighted by atomic mass is 16.5. The minimum Gasteiger partial charge on any atom is -0.495 e. The molecule has 0 saturated carbocycles. The van der Waals surface area contributed by atoms with E-state index in [0.717, 1.165) is 56.2 Å². The van der Waals surface area contributed by atoms with E-state index in [2.05, 4.69) is 27.3 Å². The summed E-state index contributed by atoms with van der Waals surface area (Å²) in [4.78, 5) is 19.4. The average Bonchev–Trinajstić information content (AvgIpc) is 3.29. The summed E-state index contributed by atoms with van der Waals surface area (Å²) in [6, 6.07) is 16.1. The fourth-order valence-electron chi connectivity index (χ4n) is 4.14. The average molecular weight is 461 g/mol. The lowest BCUT2D eigenvalue weighted by atomic mass is 10.0. The molecule has 1 fully saturated rings. The molecular weight excluding hydrogens is 428 g/mol. The maximum absolute atomic E-state index is 12.8. The number of carbonyl (C=O) groups excluding carboxylic acids is 1. The van der Waals surface area contributed by atoms with Crippen LogP contribution >= 0.6 is 0 Å². The molecule has 2 heterocycles. The molecule has 1 atom stereocenters. The van der Waals surface area contributed by atoms with Gasteiger partial charge >= 0.3 is 0 Å². The Morgan fingerprint density at radius 2 is 2.00 bits per heavy atom. The van der Waals surface area contributed by atoms with Gasteiger partial charge in [-0.15, -0.1) is 0 Å². The summed E-state index contributed by atoms with van der Waals surface area (Å²) in [5.74, 6) is 0.608. The lowest BCUT2D eigenvalue weighted by molar-refractivity contribution is -0.117. The van der Waals surface area contributed by atoms with E-state index < -0.39 is 0 Å². The third kappa shape index (κ3) is 6.56. The van der Waals surface area contributed by atoms with Crippen LogP contribution in [0.15, 0.2) is 67.1 Å². The molecule has 7 nitrogen and oxygen atoms in total. The molecule has 3 aromatic rings. The van der Waals surface area contributed by atoms with Crippen LogP contribution in [0.4, 0.5) is 0 Å². The molecule has 0 aliphatic carbocycles. The first-order valence-electron chi connectivity index (χ1n) is 11.6. The summed E-state index contributed by atoms with van der Waals surface area (Å²) in [5.41, 5.74) is 3.93. The number of nitrogens with zero attached hydrogens (tertiary/aromatic N) is 3. The number of benzene rings is 2. The van der Waals surface area contributed by atoms with Gasteiger partial charge < -0.3 is 19.4 Å². The van der Waals surface area contributed by atoms with Gasteiger partial charge in [-0.2, -0.15) is 0 Å². The molecule has 1 N–H and O–H groups in total. The fourth-order valence-corrected chi connectivity index (χ4v) is 4.14. The lowest BCUT2D eigenvalue weighted by Crippen LogP contribution is -2.48. The number of morpholine rings is 1. The number of hydrogen-bond acceptors (Lipinski definition) is 5. The van der Waals surface area contributed by atoms with Crippen molar-refractivity contribution >= 4 is 12.0 Å². The van der Waals surface area contributed by atoms with Gasteiger partial charge in [-0.05, 0) is 42.7 Å². The van der Waals surface area contributed by atoms with Crippen molar-refractivity contribution in [1.82, 2.24) is 19.8 Å². The van der Waals surface area contributed by atoms with Crippen molar-refractivity contribution in [1.29, 1.82) is 0 Å². The summed E-state index contributed by atoms with van der Waals surface area (Å²) in [6.45, 7) is 6.00. The molecule has 7 heteroatoms. The van der Waals surface area contributed by atoms with Crippen molar-refractivity contribution in [3.63, 3.8) is 0 Å². The molecule has 1 unspecified atom stereocenters. The molecule has 1 aliphatic rings. The zero-order valence-corrected chi connectivity index (χ0v) is 19.8. The molecule has 178 valence electrons. The summed E-state index contributed by atoms with van der Waals surface area (Å²) < 4.78 is 13.0. The van der Waals surface area contributed by atoms with Crippen molar-refractivity contribution in [2.24, 2.45) is 0 Å². The third-order valence-electron chi connectivity index (χ3n) is 5.87. The Hall–Kier alpha value is -3.42. The number of imidazole rings is 1. The van der Waals surface area contributed by atoms with Gasteiger partial charge in [-0.3, -0.25) is 9.69 Å². The highest BCUT2D eigenvalue weighted by Crippen LogP contribution is 2.25. The molecule has 1 amide bonds. The molecule has 34 heavy (non-hydrogen) atoms. The number of ether oxygens (including phenoxy) is 2. The van der Waals surface area contributed by atoms with Gasteiger partial charge in [0, 0.05) is 37.9 Å². The second-order valence-electron chi connectivity index (χ2n) is 8.50. The molecule has 1 aromatic heterocycles. The number of amides is 1. The molecule has 2 aromatic carbocycles. The molecule has 0 spiro atoms. The lowest BCUT2D eigenvalue weighted by Gasteiger charge is -2.30. The Bertz CT molecular complexity index is 1100. The Labute approximate surface area is 201 Å². The minimum atomic E-state index is -0.109. The van der Waals surface area contributed by atoms with Crippen LogP contribution in [0.1, 0.15) is 16.8 Å². The predicted molar refractivity (Wildman–Crippen MR) is 133 cm³/mol. The van der Waals surface area contributed by atoms with Crippen molar-refractivity contribution in [2.45, 2.75) is 19.4 Å². The quantitative estimate of drug-likeness (QED) is 0.497. The minimum absolute atomic E-state index is 0.0130. The number of methoxy groups -OCH3 is 1. The predicted octanol–water partition coefficient (Wildman–Crippen LogP) is 3.26. The highest BCUT2D eigenvalue weighted by molar-refractivity contribution is 5.92. The second kappa shape index (κ2) is 11.6. The molecule has 4 rings (SSSR count). The zero-order valence-electron chi connectivity index (χ0n) is 19.8. The van der Waals surface area contributed by atoms with Crippen molar-refractivity contribution in [2.75, 3.05) is 40.0 Å². The molecule has 0 radical (unpaired) electrons. The van der Waals surface area contributed by atoms with E-state index in [1.807, 2.05) is 60.2 Å². The second-order valence-corrected chi connectivity index (χ2v) is 8.50. The zero-order chi connectivity index (χ0) is 23.8. The Morgan fingerprint density at radius 3 is 2.71 bits per heavy atom. The highest BCUT2D eigenvalue weighted by Gasteiger charge is 2.18. The monoisotopic (exact) mass is 460 g/mol. The summed E-state index contributed by atoms with van der Waals surface area (Å²) >= 11 is 0. The summed E-state index contributed by atoms with van der Waals surface area (Å²) in [5, 5.41) is 3.20. The number of aryl methyl sites for hydroxylation is 1. The number of rotatable bonds is 9. The van der Waals surface area contributed by atoms with Crippen LogP contribution in [0.3, 0.4) is 0 Å². The van der Waals surface area contributed by atoms with E-state index in [9.17, 15) is 4.79 Å². The van der Waals surface area contributed by atoms with Crippen LogP contribution < -0.4 is 10.1 Å². The van der Waals surface area contributed by atoms with Crippen LogP contribution in [0, 0.1) is 6.92 Å².